The molecule has 0 aliphatic heterocycles. The van der Waals surface area contributed by atoms with Crippen LogP contribution in [0.2, 0.25) is 0 Å². The van der Waals surface area contributed by atoms with E-state index in [4.69, 9.17) is 11.6 Å². The van der Waals surface area contributed by atoms with Crippen LogP contribution in [0.15, 0.2) is 0 Å². The molecule has 0 fully saturated rings. The summed E-state index contributed by atoms with van der Waals surface area (Å²) in [7, 11) is 0. The molecule has 0 heterocycles. The minimum Gasteiger partial charge on any atom is -1.00 e. The van der Waals surface area contributed by atoms with Gasteiger partial charge in [0.15, 0.2) is 0 Å². The molecule has 2 nitrogen and oxygen atoms in total. The summed E-state index contributed by atoms with van der Waals surface area (Å²) in [6.07, 6.45) is 0. The molecule has 0 spiro atoms. The number of halogens is 2. The molecule has 38 valence electrons. The SMILES string of the molecule is O=C(CCl)OCl.[H-].[Li+]. The van der Waals surface area contributed by atoms with Crippen LogP contribution < -0.4 is 18.9 Å². The fourth-order valence-corrected chi connectivity index (χ4v) is 0.186. The summed E-state index contributed by atoms with van der Waals surface area (Å²) in [5, 5.41) is 0. The van der Waals surface area contributed by atoms with Crippen molar-refractivity contribution in [2.75, 3.05) is 5.88 Å². The van der Waals surface area contributed by atoms with Crippen molar-refractivity contribution in [2.45, 2.75) is 0 Å². The summed E-state index contributed by atoms with van der Waals surface area (Å²) < 4.78 is 3.60. The van der Waals surface area contributed by atoms with Gasteiger partial charge in [0.2, 0.25) is 0 Å². The monoisotopic (exact) mass is 136 g/mol. The van der Waals surface area contributed by atoms with Gasteiger partial charge in [0.05, 0.1) is 0 Å². The van der Waals surface area contributed by atoms with E-state index in [1.54, 1.807) is 0 Å². The Morgan fingerprint density at radius 2 is 2.29 bits per heavy atom. The predicted molar refractivity (Wildman–Crippen MR) is 23.8 cm³/mol. The van der Waals surface area contributed by atoms with Gasteiger partial charge in [0.25, 0.3) is 0 Å². The Morgan fingerprint density at radius 3 is 2.29 bits per heavy atom. The van der Waals surface area contributed by atoms with Crippen LogP contribution in [-0.2, 0) is 9.08 Å². The fraction of sp³-hybridized carbons (Fsp3) is 0.500. The van der Waals surface area contributed by atoms with Gasteiger partial charge >= 0.3 is 24.8 Å². The summed E-state index contributed by atoms with van der Waals surface area (Å²) in [5.41, 5.74) is 0. The number of hydrogen-bond donors (Lipinski definition) is 0. The Morgan fingerprint density at radius 1 is 1.86 bits per heavy atom. The molecular formula is C2H3Cl2LiO2. The van der Waals surface area contributed by atoms with Crippen LogP contribution >= 0.6 is 23.5 Å². The third-order valence-electron chi connectivity index (χ3n) is 0.195. The molecule has 0 aromatic rings. The van der Waals surface area contributed by atoms with E-state index < -0.39 is 5.97 Å². The molecule has 0 aliphatic rings. The molecule has 0 radical (unpaired) electrons. The molecule has 0 atom stereocenters. The van der Waals surface area contributed by atoms with Gasteiger partial charge in [0.1, 0.15) is 17.7 Å². The standard InChI is InChI=1S/C2H2Cl2O2.Li.H/c3-1-2(5)6-4;;/h1H2;;/q;+1;-1. The quantitative estimate of drug-likeness (QED) is 0.309. The molecule has 0 amide bonds. The molecule has 0 saturated heterocycles. The molecule has 0 unspecified atom stereocenters. The Labute approximate surface area is 64.9 Å². The summed E-state index contributed by atoms with van der Waals surface area (Å²) >= 11 is 9.41. The maximum atomic E-state index is 9.69. The summed E-state index contributed by atoms with van der Waals surface area (Å²) in [4.78, 5) is 9.69. The van der Waals surface area contributed by atoms with E-state index in [0.29, 0.717) is 0 Å². The number of carbonyl (C=O) groups excluding carboxylic acids is 1. The van der Waals surface area contributed by atoms with Crippen LogP contribution in [0.5, 0.6) is 0 Å². The smallest absolute Gasteiger partial charge is 1.00 e. The molecule has 0 aromatic carbocycles. The Bertz CT molecular complexity index is 56.0. The third-order valence-corrected chi connectivity index (χ3v) is 0.585. The van der Waals surface area contributed by atoms with Gasteiger partial charge in [-0.05, 0) is 0 Å². The van der Waals surface area contributed by atoms with Gasteiger partial charge < -0.3 is 5.72 Å². The van der Waals surface area contributed by atoms with E-state index in [9.17, 15) is 4.79 Å². The van der Waals surface area contributed by atoms with Gasteiger partial charge in [0, 0.05) is 0 Å². The molecule has 7 heavy (non-hydrogen) atoms. The van der Waals surface area contributed by atoms with Crippen molar-refractivity contribution < 1.29 is 29.4 Å². The van der Waals surface area contributed by atoms with Crippen molar-refractivity contribution in [1.82, 2.24) is 0 Å². The normalized spacial score (nSPS) is 6.57. The second-order valence-corrected chi connectivity index (χ2v) is 1.00. The van der Waals surface area contributed by atoms with Gasteiger partial charge in [-0.1, -0.05) is 0 Å². The Kier molecular flexibility index (Phi) is 10.1. The summed E-state index contributed by atoms with van der Waals surface area (Å²) in [6, 6.07) is 0. The molecule has 0 aromatic heterocycles. The summed E-state index contributed by atoms with van der Waals surface area (Å²) in [5.74, 6) is -0.818. The molecule has 5 heteroatoms. The first kappa shape index (κ1) is 10.6. The predicted octanol–water partition coefficient (Wildman–Crippen LogP) is -1.96. The van der Waals surface area contributed by atoms with Crippen molar-refractivity contribution in [3.8, 4) is 0 Å². The van der Waals surface area contributed by atoms with Crippen molar-refractivity contribution in [3.63, 3.8) is 0 Å². The minimum absolute atomic E-state index is 0. The van der Waals surface area contributed by atoms with Crippen LogP contribution in [0.1, 0.15) is 1.43 Å². The van der Waals surface area contributed by atoms with E-state index in [1.807, 2.05) is 0 Å². The van der Waals surface area contributed by atoms with Crippen molar-refractivity contribution in [2.24, 2.45) is 0 Å². The van der Waals surface area contributed by atoms with Gasteiger partial charge in [-0.25, -0.2) is 4.79 Å². The molecule has 0 aliphatic carbocycles. The topological polar surface area (TPSA) is 26.3 Å². The van der Waals surface area contributed by atoms with Gasteiger partial charge in [-0.2, -0.15) is 0 Å². The molecule has 0 saturated carbocycles. The number of rotatable bonds is 1. The van der Waals surface area contributed by atoms with Crippen molar-refractivity contribution in [1.29, 1.82) is 0 Å². The maximum Gasteiger partial charge on any atom is 1.00 e. The first-order valence-corrected chi connectivity index (χ1v) is 2.03. The van der Waals surface area contributed by atoms with Crippen molar-refractivity contribution in [3.05, 3.63) is 0 Å². The zero-order chi connectivity index (χ0) is 4.99. The second-order valence-electron chi connectivity index (χ2n) is 0.583. The summed E-state index contributed by atoms with van der Waals surface area (Å²) in [6.45, 7) is 0. The van der Waals surface area contributed by atoms with Crippen LogP contribution in [-0.4, -0.2) is 11.8 Å². The van der Waals surface area contributed by atoms with E-state index in [2.05, 4.69) is 16.2 Å². The number of alkyl halides is 1. The zero-order valence-electron chi connectivity index (χ0n) is 4.78. The molecule has 0 rings (SSSR count). The van der Waals surface area contributed by atoms with E-state index in [1.165, 1.54) is 0 Å². The number of carbonyl (C=O) groups is 1. The van der Waals surface area contributed by atoms with Gasteiger partial charge in [-0.3, -0.25) is 0 Å². The average Bonchev–Trinajstić information content (AvgIpc) is 1.65. The zero-order valence-corrected chi connectivity index (χ0v) is 5.29. The van der Waals surface area contributed by atoms with Crippen LogP contribution in [0.4, 0.5) is 0 Å². The van der Waals surface area contributed by atoms with Crippen LogP contribution in [0, 0.1) is 0 Å². The van der Waals surface area contributed by atoms with Crippen molar-refractivity contribution >= 4 is 29.4 Å². The number of hydrogen-bond acceptors (Lipinski definition) is 2. The van der Waals surface area contributed by atoms with E-state index in [0.717, 1.165) is 0 Å². The second kappa shape index (κ2) is 6.65. The van der Waals surface area contributed by atoms with Gasteiger partial charge in [-0.15, -0.1) is 11.6 Å². The fourth-order valence-electron chi connectivity index (χ4n) is 0.0206. The molecular weight excluding hydrogens is 134 g/mol. The molecule has 0 N–H and O–H groups in total. The maximum absolute atomic E-state index is 9.69. The van der Waals surface area contributed by atoms with Crippen LogP contribution in [0.25, 0.3) is 0 Å². The Hall–Kier alpha value is 0.647. The average molecular weight is 137 g/mol. The van der Waals surface area contributed by atoms with E-state index >= 15 is 0 Å². The first-order chi connectivity index (χ1) is 2.81. The third kappa shape index (κ3) is 6.65. The molecule has 0 bridgehead atoms. The largest absolute Gasteiger partial charge is 1.00 e. The Balaban J connectivity index is -0.000000125. The minimum atomic E-state index is -0.627. The van der Waals surface area contributed by atoms with Crippen LogP contribution in [0.3, 0.4) is 0 Å². The van der Waals surface area contributed by atoms with E-state index in [-0.39, 0.29) is 26.2 Å². The first-order valence-electron chi connectivity index (χ1n) is 1.18.